The van der Waals surface area contributed by atoms with Gasteiger partial charge in [0.1, 0.15) is 0 Å². The number of urea groups is 1. The molecule has 10 heteroatoms. The minimum Gasteiger partial charge on any atom is -0.336 e. The number of halogens is 1. The van der Waals surface area contributed by atoms with Crippen molar-refractivity contribution in [3.63, 3.8) is 0 Å². The number of hydrogen-bond acceptors (Lipinski definition) is 5. The Labute approximate surface area is 164 Å². The third-order valence-corrected chi connectivity index (χ3v) is 5.39. The summed E-state index contributed by atoms with van der Waals surface area (Å²) in [6, 6.07) is 9.44. The molecular formula is C17H17ClN4O4S. The molecular weight excluding hydrogens is 392 g/mol. The molecule has 2 heterocycles. The van der Waals surface area contributed by atoms with Gasteiger partial charge < -0.3 is 15.1 Å². The highest BCUT2D eigenvalue weighted by molar-refractivity contribution is 7.17. The smallest absolute Gasteiger partial charge is 0.324 e. The van der Waals surface area contributed by atoms with Crippen LogP contribution in [0.25, 0.3) is 0 Å². The molecule has 8 nitrogen and oxygen atoms in total. The van der Waals surface area contributed by atoms with Crippen molar-refractivity contribution in [3.8, 4) is 0 Å². The molecule has 1 saturated heterocycles. The maximum absolute atomic E-state index is 12.6. The number of hydrogen-bond donors (Lipinski definition) is 1. The topological polar surface area (TPSA) is 95.8 Å². The molecule has 1 aliphatic rings. The molecule has 1 N–H and O–H groups in total. The lowest BCUT2D eigenvalue weighted by molar-refractivity contribution is -0.380. The quantitative estimate of drug-likeness (QED) is 0.618. The van der Waals surface area contributed by atoms with Crippen molar-refractivity contribution in [2.75, 3.05) is 31.5 Å². The van der Waals surface area contributed by atoms with E-state index in [1.807, 2.05) is 0 Å². The summed E-state index contributed by atoms with van der Waals surface area (Å²) in [7, 11) is 0. The first kappa shape index (κ1) is 19.1. The molecule has 0 atom stereocenters. The van der Waals surface area contributed by atoms with Crippen molar-refractivity contribution < 1.29 is 14.5 Å². The molecule has 3 rings (SSSR count). The van der Waals surface area contributed by atoms with Crippen LogP contribution in [0.4, 0.5) is 15.5 Å². The fourth-order valence-electron chi connectivity index (χ4n) is 2.79. The number of nitrogens with zero attached hydrogens (tertiary/aromatic N) is 3. The number of amides is 3. The van der Waals surface area contributed by atoms with Gasteiger partial charge in [-0.05, 0) is 30.7 Å². The van der Waals surface area contributed by atoms with Crippen molar-refractivity contribution in [3.05, 3.63) is 56.4 Å². The lowest BCUT2D eigenvalue weighted by Crippen LogP contribution is -2.39. The van der Waals surface area contributed by atoms with Gasteiger partial charge in [0.05, 0.1) is 9.80 Å². The Balaban J connectivity index is 1.60. The zero-order chi connectivity index (χ0) is 19.4. The molecule has 3 amide bonds. The van der Waals surface area contributed by atoms with E-state index in [1.54, 1.807) is 34.1 Å². The van der Waals surface area contributed by atoms with E-state index in [1.165, 1.54) is 12.1 Å². The molecule has 1 fully saturated rings. The van der Waals surface area contributed by atoms with Gasteiger partial charge >= 0.3 is 11.0 Å². The maximum atomic E-state index is 12.6. The second kappa shape index (κ2) is 8.36. The van der Waals surface area contributed by atoms with Crippen LogP contribution in [0.5, 0.6) is 0 Å². The van der Waals surface area contributed by atoms with Crippen LogP contribution in [-0.4, -0.2) is 52.8 Å². The Morgan fingerprint density at radius 1 is 1.11 bits per heavy atom. The van der Waals surface area contributed by atoms with Crippen molar-refractivity contribution in [2.45, 2.75) is 6.42 Å². The van der Waals surface area contributed by atoms with Gasteiger partial charge in [0, 0.05) is 43.0 Å². The first-order valence-electron chi connectivity index (χ1n) is 8.29. The number of carbonyl (C=O) groups excluding carboxylic acids is 2. The second-order valence-corrected chi connectivity index (χ2v) is 7.47. The summed E-state index contributed by atoms with van der Waals surface area (Å²) in [5.74, 6) is -0.245. The highest BCUT2D eigenvalue weighted by atomic mass is 35.5. The number of benzene rings is 1. The van der Waals surface area contributed by atoms with Crippen LogP contribution in [0.15, 0.2) is 36.4 Å². The van der Waals surface area contributed by atoms with Crippen molar-refractivity contribution >= 4 is 45.6 Å². The first-order valence-corrected chi connectivity index (χ1v) is 9.48. The van der Waals surface area contributed by atoms with Crippen LogP contribution in [0.2, 0.25) is 5.02 Å². The van der Waals surface area contributed by atoms with Crippen LogP contribution in [-0.2, 0) is 0 Å². The van der Waals surface area contributed by atoms with Crippen LogP contribution >= 0.6 is 22.9 Å². The molecule has 1 aliphatic heterocycles. The number of thiophene rings is 1. The number of rotatable bonds is 3. The summed E-state index contributed by atoms with van der Waals surface area (Å²) >= 11 is 6.79. The van der Waals surface area contributed by atoms with Gasteiger partial charge in [-0.2, -0.15) is 0 Å². The Hall–Kier alpha value is -2.65. The van der Waals surface area contributed by atoms with Crippen molar-refractivity contribution in [1.82, 2.24) is 9.80 Å². The minimum absolute atomic E-state index is 0.0595. The van der Waals surface area contributed by atoms with Gasteiger partial charge in [0.15, 0.2) is 0 Å². The largest absolute Gasteiger partial charge is 0.336 e. The molecule has 1 aromatic carbocycles. The van der Waals surface area contributed by atoms with E-state index in [-0.39, 0.29) is 16.9 Å². The predicted molar refractivity (Wildman–Crippen MR) is 104 cm³/mol. The average molecular weight is 409 g/mol. The fourth-order valence-corrected chi connectivity index (χ4v) is 3.77. The molecule has 0 bridgehead atoms. The molecule has 0 spiro atoms. The first-order chi connectivity index (χ1) is 12.9. The third kappa shape index (κ3) is 4.75. The lowest BCUT2D eigenvalue weighted by atomic mass is 10.3. The molecule has 0 radical (unpaired) electrons. The van der Waals surface area contributed by atoms with Gasteiger partial charge in [-0.3, -0.25) is 14.9 Å². The van der Waals surface area contributed by atoms with E-state index in [4.69, 9.17) is 11.6 Å². The van der Waals surface area contributed by atoms with E-state index >= 15 is 0 Å². The Kier molecular flexibility index (Phi) is 5.92. The van der Waals surface area contributed by atoms with Gasteiger partial charge in [-0.25, -0.2) is 4.79 Å². The van der Waals surface area contributed by atoms with Gasteiger partial charge in [0.2, 0.25) is 0 Å². The zero-order valence-electron chi connectivity index (χ0n) is 14.3. The van der Waals surface area contributed by atoms with Crippen LogP contribution in [0, 0.1) is 10.1 Å². The van der Waals surface area contributed by atoms with E-state index in [9.17, 15) is 19.7 Å². The van der Waals surface area contributed by atoms with Crippen molar-refractivity contribution in [2.24, 2.45) is 0 Å². The summed E-state index contributed by atoms with van der Waals surface area (Å²) in [5, 5.41) is 14.1. The van der Waals surface area contributed by atoms with Gasteiger partial charge in [0.25, 0.3) is 5.91 Å². The monoisotopic (exact) mass is 408 g/mol. The lowest BCUT2D eigenvalue weighted by Gasteiger charge is -2.22. The summed E-state index contributed by atoms with van der Waals surface area (Å²) < 4.78 is 0. The van der Waals surface area contributed by atoms with E-state index in [0.29, 0.717) is 48.2 Å². The molecule has 0 aliphatic carbocycles. The maximum Gasteiger partial charge on any atom is 0.324 e. The molecule has 0 unspecified atom stereocenters. The number of nitro groups is 1. The van der Waals surface area contributed by atoms with E-state index in [2.05, 4.69) is 5.32 Å². The van der Waals surface area contributed by atoms with Gasteiger partial charge in [-0.15, -0.1) is 0 Å². The highest BCUT2D eigenvalue weighted by Crippen LogP contribution is 2.25. The Morgan fingerprint density at radius 3 is 2.56 bits per heavy atom. The standard InChI is InChI=1S/C17H17ClN4O4S/c18-12-3-1-4-13(11-12)19-17(24)21-8-2-7-20(9-10-21)16(23)14-5-6-15(27-14)22(25)26/h1,3-6,11H,2,7-10H2,(H,19,24). The molecule has 2 aromatic rings. The Morgan fingerprint density at radius 2 is 1.85 bits per heavy atom. The average Bonchev–Trinajstić information content (AvgIpc) is 2.99. The molecule has 1 aromatic heterocycles. The van der Waals surface area contributed by atoms with Crippen LogP contribution in [0.1, 0.15) is 16.1 Å². The fraction of sp³-hybridized carbons (Fsp3) is 0.294. The predicted octanol–water partition coefficient (Wildman–Crippen LogP) is 3.69. The van der Waals surface area contributed by atoms with Crippen LogP contribution < -0.4 is 5.32 Å². The number of anilines is 1. The van der Waals surface area contributed by atoms with E-state index < -0.39 is 4.92 Å². The summed E-state index contributed by atoms with van der Waals surface area (Å²) in [5.41, 5.74) is 0.607. The molecule has 142 valence electrons. The third-order valence-electron chi connectivity index (χ3n) is 4.13. The summed E-state index contributed by atoms with van der Waals surface area (Å²) in [6.07, 6.45) is 0.627. The molecule has 27 heavy (non-hydrogen) atoms. The number of carbonyl (C=O) groups is 2. The van der Waals surface area contributed by atoms with Crippen molar-refractivity contribution in [1.29, 1.82) is 0 Å². The summed E-state index contributed by atoms with van der Waals surface area (Å²) in [4.78, 5) is 38.9. The second-order valence-electron chi connectivity index (χ2n) is 5.97. The zero-order valence-corrected chi connectivity index (χ0v) is 15.8. The minimum atomic E-state index is -0.508. The van der Waals surface area contributed by atoms with Gasteiger partial charge in [-0.1, -0.05) is 29.0 Å². The Bertz CT molecular complexity index is 872. The SMILES string of the molecule is O=C(Nc1cccc(Cl)c1)N1CCCN(C(=O)c2ccc([N+](=O)[O-])s2)CC1. The van der Waals surface area contributed by atoms with Crippen LogP contribution in [0.3, 0.4) is 0 Å². The normalized spacial score (nSPS) is 14.6. The van der Waals surface area contributed by atoms with E-state index in [0.717, 1.165) is 11.3 Å². The highest BCUT2D eigenvalue weighted by Gasteiger charge is 2.25. The number of nitrogens with one attached hydrogen (secondary N) is 1. The summed E-state index contributed by atoms with van der Waals surface area (Å²) in [6.45, 7) is 1.76. The molecule has 0 saturated carbocycles.